The Bertz CT molecular complexity index is 998. The topological polar surface area (TPSA) is 56.2 Å². The number of rotatable bonds is 9. The summed E-state index contributed by atoms with van der Waals surface area (Å²) in [6.07, 6.45) is 3.56. The predicted molar refractivity (Wildman–Crippen MR) is 125 cm³/mol. The Hall–Kier alpha value is -2.50. The molecule has 3 rings (SSSR count). The molecule has 0 bridgehead atoms. The predicted octanol–water partition coefficient (Wildman–Crippen LogP) is 6.62. The summed E-state index contributed by atoms with van der Waals surface area (Å²) in [6, 6.07) is 15.2. The lowest BCUT2D eigenvalue weighted by Gasteiger charge is -2.18. The highest BCUT2D eigenvalue weighted by Crippen LogP contribution is 2.32. The minimum Gasteiger partial charge on any atom is -0.468 e. The van der Waals surface area contributed by atoms with Gasteiger partial charge in [-0.1, -0.05) is 74.3 Å². The number of aromatic nitrogens is 2. The highest BCUT2D eigenvalue weighted by Gasteiger charge is 2.17. The molecule has 2 atom stereocenters. The Kier molecular flexibility index (Phi) is 7.99. The molecule has 0 fully saturated rings. The Morgan fingerprint density at radius 2 is 1.68 bits per heavy atom. The summed E-state index contributed by atoms with van der Waals surface area (Å²) < 4.78 is 7.19. The molecule has 2 unspecified atom stereocenters. The molecule has 0 spiro atoms. The average molecular weight is 460 g/mol. The molecule has 0 radical (unpaired) electrons. The number of nitrogens with one attached hydrogen (secondary N) is 1. The van der Waals surface area contributed by atoms with Crippen molar-refractivity contribution in [2.24, 2.45) is 0 Å². The molecular weight excluding hydrogens is 433 g/mol. The summed E-state index contributed by atoms with van der Waals surface area (Å²) in [6.45, 7) is 6.53. The zero-order valence-corrected chi connectivity index (χ0v) is 19.5. The summed E-state index contributed by atoms with van der Waals surface area (Å²) in [7, 11) is 0. The van der Waals surface area contributed by atoms with E-state index in [0.717, 1.165) is 18.4 Å². The lowest BCUT2D eigenvalue weighted by Crippen LogP contribution is -2.28. The van der Waals surface area contributed by atoms with Gasteiger partial charge in [0.1, 0.15) is 5.69 Å². The van der Waals surface area contributed by atoms with Crippen molar-refractivity contribution in [1.82, 2.24) is 15.1 Å². The van der Waals surface area contributed by atoms with Gasteiger partial charge in [-0.3, -0.25) is 4.79 Å². The number of benzene rings is 2. The Morgan fingerprint density at radius 3 is 2.29 bits per heavy atom. The standard InChI is InChI=1S/C24H27Cl2N3O2/c1-4-16(3)17-9-11-18(12-10-17)21(5-2)27-24(30)22-13-14-29(28-22)15-31-23-19(25)7-6-8-20(23)26/h6-14,16,21H,4-5,15H2,1-3H3,(H,27,30). The SMILES string of the molecule is CCC(C)c1ccc(C(CC)NC(=O)c2ccn(COc3c(Cl)cccc3Cl)n2)cc1. The molecule has 0 aliphatic heterocycles. The molecule has 31 heavy (non-hydrogen) atoms. The van der Waals surface area contributed by atoms with Gasteiger partial charge in [0.05, 0.1) is 16.1 Å². The van der Waals surface area contributed by atoms with E-state index in [9.17, 15) is 4.79 Å². The Morgan fingerprint density at radius 1 is 1.03 bits per heavy atom. The van der Waals surface area contributed by atoms with Crippen LogP contribution in [0.5, 0.6) is 5.75 Å². The molecule has 0 aliphatic rings. The maximum Gasteiger partial charge on any atom is 0.272 e. The summed E-state index contributed by atoms with van der Waals surface area (Å²) in [5.74, 6) is 0.683. The van der Waals surface area contributed by atoms with Crippen molar-refractivity contribution >= 4 is 29.1 Å². The molecule has 0 aliphatic carbocycles. The van der Waals surface area contributed by atoms with Gasteiger partial charge >= 0.3 is 0 Å². The molecule has 1 amide bonds. The second kappa shape index (κ2) is 10.7. The molecule has 1 heterocycles. The number of halogens is 2. The van der Waals surface area contributed by atoms with Crippen LogP contribution in [0.3, 0.4) is 0 Å². The fourth-order valence-corrected chi connectivity index (χ4v) is 3.76. The molecule has 1 aromatic heterocycles. The van der Waals surface area contributed by atoms with E-state index in [1.54, 1.807) is 30.5 Å². The van der Waals surface area contributed by atoms with E-state index in [-0.39, 0.29) is 18.7 Å². The molecule has 5 nitrogen and oxygen atoms in total. The van der Waals surface area contributed by atoms with E-state index in [0.29, 0.717) is 27.4 Å². The summed E-state index contributed by atoms with van der Waals surface area (Å²) in [4.78, 5) is 12.7. The highest BCUT2D eigenvalue weighted by molar-refractivity contribution is 6.37. The van der Waals surface area contributed by atoms with Gasteiger partial charge in [-0.2, -0.15) is 5.10 Å². The Labute approximate surface area is 193 Å². The number of nitrogens with zero attached hydrogens (tertiary/aromatic N) is 2. The smallest absolute Gasteiger partial charge is 0.272 e. The molecule has 0 saturated carbocycles. The second-order valence-electron chi connectivity index (χ2n) is 7.47. The van der Waals surface area contributed by atoms with Crippen molar-refractivity contribution in [2.75, 3.05) is 0 Å². The van der Waals surface area contributed by atoms with E-state index in [1.165, 1.54) is 10.2 Å². The van der Waals surface area contributed by atoms with Crippen LogP contribution >= 0.6 is 23.2 Å². The molecular formula is C24H27Cl2N3O2. The average Bonchev–Trinajstić information content (AvgIpc) is 3.26. The first-order valence-electron chi connectivity index (χ1n) is 10.4. The van der Waals surface area contributed by atoms with Crippen molar-refractivity contribution in [3.8, 4) is 5.75 Å². The molecule has 1 N–H and O–H groups in total. The van der Waals surface area contributed by atoms with Crippen molar-refractivity contribution in [2.45, 2.75) is 52.3 Å². The largest absolute Gasteiger partial charge is 0.468 e. The van der Waals surface area contributed by atoms with Gasteiger partial charge in [0.2, 0.25) is 0 Å². The van der Waals surface area contributed by atoms with Crippen LogP contribution in [-0.2, 0) is 6.73 Å². The normalized spacial score (nSPS) is 12.9. The van der Waals surface area contributed by atoms with Crippen LogP contribution in [-0.4, -0.2) is 15.7 Å². The van der Waals surface area contributed by atoms with Gasteiger partial charge in [-0.25, -0.2) is 4.68 Å². The molecule has 164 valence electrons. The number of para-hydroxylation sites is 1. The fraction of sp³-hybridized carbons (Fsp3) is 0.333. The first-order valence-corrected chi connectivity index (χ1v) is 11.2. The summed E-state index contributed by atoms with van der Waals surface area (Å²) in [5.41, 5.74) is 2.72. The number of carbonyl (C=O) groups is 1. The third-order valence-electron chi connectivity index (χ3n) is 5.37. The van der Waals surface area contributed by atoms with Gasteiger partial charge < -0.3 is 10.1 Å². The first-order chi connectivity index (χ1) is 14.9. The van der Waals surface area contributed by atoms with Crippen molar-refractivity contribution in [3.05, 3.63) is 81.6 Å². The first kappa shape index (κ1) is 23.2. The summed E-state index contributed by atoms with van der Waals surface area (Å²) in [5, 5.41) is 8.22. The van der Waals surface area contributed by atoms with Crippen molar-refractivity contribution in [1.29, 1.82) is 0 Å². The van der Waals surface area contributed by atoms with Crippen LogP contribution in [0.15, 0.2) is 54.7 Å². The van der Waals surface area contributed by atoms with Crippen molar-refractivity contribution < 1.29 is 9.53 Å². The molecule has 0 saturated heterocycles. The zero-order chi connectivity index (χ0) is 22.4. The van der Waals surface area contributed by atoms with Gasteiger partial charge in [0.15, 0.2) is 12.5 Å². The quantitative estimate of drug-likeness (QED) is 0.390. The highest BCUT2D eigenvalue weighted by atomic mass is 35.5. The number of carbonyl (C=O) groups excluding carboxylic acids is 1. The minimum atomic E-state index is -0.229. The van der Waals surface area contributed by atoms with Crippen LogP contribution in [0.2, 0.25) is 10.0 Å². The van der Waals surface area contributed by atoms with E-state index in [1.807, 2.05) is 6.92 Å². The van der Waals surface area contributed by atoms with Gasteiger partial charge in [-0.15, -0.1) is 0 Å². The zero-order valence-electron chi connectivity index (χ0n) is 17.9. The Balaban J connectivity index is 1.63. The van der Waals surface area contributed by atoms with Crippen LogP contribution in [0.4, 0.5) is 0 Å². The second-order valence-corrected chi connectivity index (χ2v) is 8.29. The molecule has 3 aromatic rings. The van der Waals surface area contributed by atoms with Gasteiger partial charge in [0.25, 0.3) is 5.91 Å². The monoisotopic (exact) mass is 459 g/mol. The fourth-order valence-electron chi connectivity index (χ4n) is 3.25. The maximum absolute atomic E-state index is 12.7. The number of hydrogen-bond acceptors (Lipinski definition) is 3. The third-order valence-corrected chi connectivity index (χ3v) is 5.96. The number of hydrogen-bond donors (Lipinski definition) is 1. The maximum atomic E-state index is 12.7. The van der Waals surface area contributed by atoms with Gasteiger partial charge in [-0.05, 0) is 48.1 Å². The van der Waals surface area contributed by atoms with Gasteiger partial charge in [0, 0.05) is 6.20 Å². The van der Waals surface area contributed by atoms with Crippen LogP contribution in [0, 0.1) is 0 Å². The van der Waals surface area contributed by atoms with E-state index in [4.69, 9.17) is 27.9 Å². The van der Waals surface area contributed by atoms with Crippen LogP contribution in [0.1, 0.15) is 67.2 Å². The minimum absolute atomic E-state index is 0.0817. The van der Waals surface area contributed by atoms with Crippen LogP contribution < -0.4 is 10.1 Å². The van der Waals surface area contributed by atoms with E-state index >= 15 is 0 Å². The van der Waals surface area contributed by atoms with Crippen LogP contribution in [0.25, 0.3) is 0 Å². The van der Waals surface area contributed by atoms with E-state index < -0.39 is 0 Å². The lowest BCUT2D eigenvalue weighted by molar-refractivity contribution is 0.0928. The number of amides is 1. The lowest BCUT2D eigenvalue weighted by atomic mass is 9.95. The third kappa shape index (κ3) is 5.81. The summed E-state index contributed by atoms with van der Waals surface area (Å²) >= 11 is 12.2. The molecule has 2 aromatic carbocycles. The number of ether oxygens (including phenoxy) is 1. The van der Waals surface area contributed by atoms with Crippen molar-refractivity contribution in [3.63, 3.8) is 0 Å². The molecule has 7 heteroatoms. The van der Waals surface area contributed by atoms with E-state index in [2.05, 4.69) is 48.5 Å².